The van der Waals surface area contributed by atoms with Crippen LogP contribution in [-0.4, -0.2) is 15.4 Å². The Bertz CT molecular complexity index is 511. The molecule has 0 spiro atoms. The molecule has 1 aromatic heterocycles. The van der Waals surface area contributed by atoms with E-state index >= 15 is 0 Å². The molecule has 1 aliphatic rings. The van der Waals surface area contributed by atoms with Gasteiger partial charge in [-0.05, 0) is 36.3 Å². The molecule has 2 N–H and O–H groups in total. The van der Waals surface area contributed by atoms with Crippen LogP contribution in [0.4, 0.5) is 0 Å². The van der Waals surface area contributed by atoms with Crippen molar-refractivity contribution in [3.63, 3.8) is 0 Å². The Hall–Kier alpha value is -2.14. The van der Waals surface area contributed by atoms with Crippen molar-refractivity contribution in [3.8, 4) is 0 Å². The van der Waals surface area contributed by atoms with Gasteiger partial charge in [0.1, 0.15) is 0 Å². The molecule has 0 unspecified atom stereocenters. The van der Waals surface area contributed by atoms with Gasteiger partial charge >= 0.3 is 16.8 Å². The number of nitrogens with zero attached hydrogens (tertiary/aromatic N) is 5. The molecule has 0 aromatic carbocycles. The van der Waals surface area contributed by atoms with Crippen LogP contribution >= 0.6 is 0 Å². The number of hydrogen-bond acceptors (Lipinski definition) is 7. The fraction of sp³-hybridized carbons (Fsp3) is 0.474. The number of nitroso groups, excluding NO2 is 2. The van der Waals surface area contributed by atoms with Crippen molar-refractivity contribution in [1.29, 1.82) is 0 Å². The molecule has 0 bridgehead atoms. The van der Waals surface area contributed by atoms with Crippen LogP contribution in [0.15, 0.2) is 63.7 Å². The molecule has 164 valence electrons. The van der Waals surface area contributed by atoms with Crippen LogP contribution in [0.3, 0.4) is 0 Å². The smallest absolute Gasteiger partial charge is 0.567 e. The van der Waals surface area contributed by atoms with E-state index in [1.807, 2.05) is 18.2 Å². The minimum Gasteiger partial charge on any atom is -0.567 e. The molecule has 0 aliphatic heterocycles. The van der Waals surface area contributed by atoms with Crippen LogP contribution in [0.25, 0.3) is 11.0 Å². The molecule has 1 saturated carbocycles. The summed E-state index contributed by atoms with van der Waals surface area (Å²) in [4.78, 5) is 23.0. The number of hydroxylamine groups is 2. The molecule has 1 aromatic rings. The fourth-order valence-corrected chi connectivity index (χ4v) is 1.49. The summed E-state index contributed by atoms with van der Waals surface area (Å²) in [6.45, 7) is 5.94. The molecule has 1 aliphatic carbocycles. The predicted octanol–water partition coefficient (Wildman–Crippen LogP) is 6.77. The van der Waals surface area contributed by atoms with E-state index in [2.05, 4.69) is 32.7 Å². The Morgan fingerprint density at radius 1 is 0.828 bits per heavy atom. The minimum absolute atomic E-state index is 0. The number of rotatable bonds is 4. The summed E-state index contributed by atoms with van der Waals surface area (Å²) in [5.74, 6) is 0. The van der Waals surface area contributed by atoms with E-state index in [1.54, 1.807) is 12.4 Å². The maximum Gasteiger partial charge on any atom is 3.00 e. The summed E-state index contributed by atoms with van der Waals surface area (Å²) >= 11 is 0. The van der Waals surface area contributed by atoms with Crippen molar-refractivity contribution in [2.24, 2.45) is 10.4 Å². The van der Waals surface area contributed by atoms with Crippen molar-refractivity contribution in [1.82, 2.24) is 4.98 Å². The van der Waals surface area contributed by atoms with E-state index in [0.29, 0.717) is 0 Å². The Kier molecular flexibility index (Phi) is 26.0. The van der Waals surface area contributed by atoms with E-state index in [9.17, 15) is 9.81 Å². The fourth-order valence-electron chi connectivity index (χ4n) is 1.49. The molecule has 9 nitrogen and oxygen atoms in total. The first-order chi connectivity index (χ1) is 13.4. The van der Waals surface area contributed by atoms with Crippen molar-refractivity contribution in [3.05, 3.63) is 80.6 Å². The summed E-state index contributed by atoms with van der Waals surface area (Å²) in [7, 11) is 0. The summed E-state index contributed by atoms with van der Waals surface area (Å²) in [5.41, 5.74) is 6.39. The number of hydrogen-bond donors (Lipinski definition) is 2. The SMILES string of the molecule is C/C(N=O)=C(\C)[N-]O.C/C(N=O)=C(\C)[N-]O.[CH-]1CCCCC1.[Co+3].c1ccncc1. The normalized spacial score (nSPS) is 13.4. The molecular weight excluding hydrogens is 421 g/mol. The van der Waals surface area contributed by atoms with E-state index in [-0.39, 0.29) is 39.6 Å². The predicted molar refractivity (Wildman–Crippen MR) is 110 cm³/mol. The molecule has 0 atom stereocenters. The molecule has 1 fully saturated rings. The maximum atomic E-state index is 9.63. The molecule has 0 saturated heterocycles. The third-order valence-corrected chi connectivity index (χ3v) is 3.50. The average molecular weight is 451 g/mol. The second kappa shape index (κ2) is 23.9. The van der Waals surface area contributed by atoms with E-state index in [0.717, 1.165) is 0 Å². The van der Waals surface area contributed by atoms with Crippen LogP contribution in [-0.2, 0) is 16.8 Å². The third kappa shape index (κ3) is 22.0. The first kappa shape index (κ1) is 31.5. The van der Waals surface area contributed by atoms with Crippen LogP contribution in [0, 0.1) is 16.2 Å². The van der Waals surface area contributed by atoms with Gasteiger partial charge in [0.05, 0.1) is 11.4 Å². The van der Waals surface area contributed by atoms with Gasteiger partial charge in [-0.3, -0.25) is 4.98 Å². The molecule has 1 heterocycles. The van der Waals surface area contributed by atoms with Crippen molar-refractivity contribution >= 4 is 0 Å². The zero-order valence-corrected chi connectivity index (χ0v) is 18.3. The monoisotopic (exact) mass is 451 g/mol. The second-order valence-electron chi connectivity index (χ2n) is 5.68. The summed E-state index contributed by atoms with van der Waals surface area (Å²) in [5, 5.41) is 21.1. The van der Waals surface area contributed by atoms with Gasteiger partial charge in [0.25, 0.3) is 0 Å². The van der Waals surface area contributed by atoms with Gasteiger partial charge < -0.3 is 27.8 Å². The Morgan fingerprint density at radius 2 is 1.24 bits per heavy atom. The third-order valence-electron chi connectivity index (χ3n) is 3.50. The Balaban J connectivity index is -0.000000309. The first-order valence-electron chi connectivity index (χ1n) is 8.83. The first-order valence-corrected chi connectivity index (χ1v) is 8.83. The largest absolute Gasteiger partial charge is 3.00 e. The van der Waals surface area contributed by atoms with Crippen LogP contribution in [0.2, 0.25) is 0 Å². The van der Waals surface area contributed by atoms with Gasteiger partial charge in [0, 0.05) is 12.4 Å². The van der Waals surface area contributed by atoms with Crippen LogP contribution < -0.4 is 0 Å². The molecule has 2 rings (SSSR count). The van der Waals surface area contributed by atoms with Gasteiger partial charge in [0.15, 0.2) is 0 Å². The zero-order chi connectivity index (χ0) is 21.6. The van der Waals surface area contributed by atoms with E-state index in [1.165, 1.54) is 59.8 Å². The summed E-state index contributed by atoms with van der Waals surface area (Å²) in [6, 6.07) is 5.72. The quantitative estimate of drug-likeness (QED) is 0.295. The van der Waals surface area contributed by atoms with Crippen LogP contribution in [0.5, 0.6) is 0 Å². The minimum atomic E-state index is 0. The molecule has 10 heteroatoms. The maximum absolute atomic E-state index is 9.63. The standard InChI is InChI=1S/C6H11.C5H5N.2C4H8N2O2.Co/c2*1-2-4-6-5-3-1;2*1-3(5-7)4(2)6-8;/h1H,2-6H2;1-5H;2*1-2H3,(H2,5,6,7,8);/q-1;;;;+3/p-2. The van der Waals surface area contributed by atoms with E-state index in [4.69, 9.17) is 10.4 Å². The van der Waals surface area contributed by atoms with Gasteiger partial charge in [0.2, 0.25) is 0 Å². The summed E-state index contributed by atoms with van der Waals surface area (Å²) < 4.78 is 0. The summed E-state index contributed by atoms with van der Waals surface area (Å²) in [6.07, 6.45) is 13.0. The number of aromatic nitrogens is 1. The van der Waals surface area contributed by atoms with E-state index < -0.39 is 0 Å². The Morgan fingerprint density at radius 3 is 1.34 bits per heavy atom. The van der Waals surface area contributed by atoms with Crippen molar-refractivity contribution < 1.29 is 27.2 Å². The number of pyridine rings is 1. The Labute approximate surface area is 183 Å². The van der Waals surface area contributed by atoms with Crippen molar-refractivity contribution in [2.45, 2.75) is 59.8 Å². The van der Waals surface area contributed by atoms with Gasteiger partial charge in [-0.1, -0.05) is 39.2 Å². The van der Waals surface area contributed by atoms with Crippen molar-refractivity contribution in [2.75, 3.05) is 0 Å². The van der Waals surface area contributed by atoms with Gasteiger partial charge in [-0.2, -0.15) is 12.8 Å². The average Bonchev–Trinajstić information content (AvgIpc) is 2.80. The van der Waals surface area contributed by atoms with Gasteiger partial charge in [-0.25, -0.2) is 0 Å². The van der Waals surface area contributed by atoms with Gasteiger partial charge in [-0.15, -0.1) is 21.2 Å². The molecular formula is C19H30CoN5O4. The molecule has 0 amide bonds. The van der Waals surface area contributed by atoms with Crippen LogP contribution in [0.1, 0.15) is 59.8 Å². The zero-order valence-electron chi connectivity index (χ0n) is 17.3. The second-order valence-corrected chi connectivity index (χ2v) is 5.68. The molecule has 29 heavy (non-hydrogen) atoms. The molecule has 0 radical (unpaired) electrons. The number of allylic oxidation sites excluding steroid dienone is 4. The topological polar surface area (TPSA) is 140 Å².